The van der Waals surface area contributed by atoms with Crippen molar-refractivity contribution in [3.63, 3.8) is 0 Å². The first-order valence-corrected chi connectivity index (χ1v) is 7.01. The Morgan fingerprint density at radius 1 is 1.40 bits per heavy atom. The molecule has 1 atom stereocenters. The van der Waals surface area contributed by atoms with Crippen molar-refractivity contribution >= 4 is 11.6 Å². The predicted molar refractivity (Wildman–Crippen MR) is 79.7 cm³/mol. The molecule has 1 saturated heterocycles. The number of likely N-dealkylation sites (N-methyl/N-ethyl adjacent to an activating group) is 1. The molecule has 110 valence electrons. The second-order valence-electron chi connectivity index (χ2n) is 5.26. The second kappa shape index (κ2) is 7.38. The average Bonchev–Trinajstić information content (AvgIpc) is 2.40. The number of amides is 1. The van der Waals surface area contributed by atoms with Gasteiger partial charge in [-0.1, -0.05) is 12.1 Å². The van der Waals surface area contributed by atoms with Crippen molar-refractivity contribution in [1.82, 2.24) is 10.2 Å². The maximum Gasteiger partial charge on any atom is 0.221 e. The lowest BCUT2D eigenvalue weighted by atomic mass is 10.2. The first-order chi connectivity index (χ1) is 9.63. The Balaban J connectivity index is 1.72. The van der Waals surface area contributed by atoms with Crippen LogP contribution in [-0.4, -0.2) is 50.2 Å². The SMILES string of the molecule is CC(=O)Nc1ccc(CNCC2CN(C)CCO2)cc1. The van der Waals surface area contributed by atoms with E-state index >= 15 is 0 Å². The molecular weight excluding hydrogens is 254 g/mol. The van der Waals surface area contributed by atoms with Crippen molar-refractivity contribution in [2.45, 2.75) is 19.6 Å². The molecule has 5 nitrogen and oxygen atoms in total. The van der Waals surface area contributed by atoms with Gasteiger partial charge in [-0.05, 0) is 24.7 Å². The van der Waals surface area contributed by atoms with Gasteiger partial charge in [-0.15, -0.1) is 0 Å². The quantitative estimate of drug-likeness (QED) is 0.845. The minimum atomic E-state index is -0.0468. The van der Waals surface area contributed by atoms with Crippen molar-refractivity contribution in [3.8, 4) is 0 Å². The van der Waals surface area contributed by atoms with Crippen LogP contribution in [0.1, 0.15) is 12.5 Å². The number of rotatable bonds is 5. The molecule has 2 rings (SSSR count). The second-order valence-corrected chi connectivity index (χ2v) is 5.26. The van der Waals surface area contributed by atoms with Crippen LogP contribution in [0.5, 0.6) is 0 Å². The summed E-state index contributed by atoms with van der Waals surface area (Å²) >= 11 is 0. The fraction of sp³-hybridized carbons (Fsp3) is 0.533. The normalized spacial score (nSPS) is 19.8. The van der Waals surface area contributed by atoms with Gasteiger partial charge in [-0.2, -0.15) is 0 Å². The largest absolute Gasteiger partial charge is 0.374 e. The molecule has 1 aromatic rings. The number of ether oxygens (including phenoxy) is 1. The molecule has 0 aromatic heterocycles. The summed E-state index contributed by atoms with van der Waals surface area (Å²) in [6, 6.07) is 7.88. The molecule has 0 bridgehead atoms. The summed E-state index contributed by atoms with van der Waals surface area (Å²) in [5, 5.41) is 6.17. The summed E-state index contributed by atoms with van der Waals surface area (Å²) in [5.41, 5.74) is 2.03. The summed E-state index contributed by atoms with van der Waals surface area (Å²) in [5.74, 6) is -0.0468. The van der Waals surface area contributed by atoms with E-state index in [9.17, 15) is 4.79 Å². The van der Waals surface area contributed by atoms with Crippen molar-refractivity contribution in [3.05, 3.63) is 29.8 Å². The van der Waals surface area contributed by atoms with Crippen molar-refractivity contribution in [2.24, 2.45) is 0 Å². The lowest BCUT2D eigenvalue weighted by Crippen LogP contribution is -2.44. The molecule has 1 heterocycles. The van der Waals surface area contributed by atoms with Crippen LogP contribution in [-0.2, 0) is 16.1 Å². The van der Waals surface area contributed by atoms with Crippen LogP contribution in [0.2, 0.25) is 0 Å². The molecular formula is C15H23N3O2. The van der Waals surface area contributed by atoms with Gasteiger partial charge in [-0.25, -0.2) is 0 Å². The standard InChI is InChI=1S/C15H23N3O2/c1-12(19)17-14-5-3-13(4-6-14)9-16-10-15-11-18(2)7-8-20-15/h3-6,15-16H,7-11H2,1-2H3,(H,17,19). The summed E-state index contributed by atoms with van der Waals surface area (Å²) in [6.45, 7) is 5.99. The lowest BCUT2D eigenvalue weighted by molar-refractivity contribution is -0.114. The van der Waals surface area contributed by atoms with Crippen molar-refractivity contribution < 1.29 is 9.53 Å². The third-order valence-electron chi connectivity index (χ3n) is 3.32. The van der Waals surface area contributed by atoms with E-state index in [1.165, 1.54) is 12.5 Å². The molecule has 5 heteroatoms. The Hall–Kier alpha value is -1.43. The molecule has 1 unspecified atom stereocenters. The van der Waals surface area contributed by atoms with Crippen LogP contribution in [0, 0.1) is 0 Å². The van der Waals surface area contributed by atoms with E-state index < -0.39 is 0 Å². The Kier molecular flexibility index (Phi) is 5.52. The third-order valence-corrected chi connectivity index (χ3v) is 3.32. The van der Waals surface area contributed by atoms with Crippen molar-refractivity contribution in [2.75, 3.05) is 38.6 Å². The van der Waals surface area contributed by atoms with E-state index in [0.717, 1.165) is 38.5 Å². The maximum absolute atomic E-state index is 10.9. The van der Waals surface area contributed by atoms with E-state index in [-0.39, 0.29) is 12.0 Å². The highest BCUT2D eigenvalue weighted by Gasteiger charge is 2.16. The Bertz CT molecular complexity index is 433. The van der Waals surface area contributed by atoms with Gasteiger partial charge in [0.15, 0.2) is 0 Å². The number of carbonyl (C=O) groups excluding carboxylic acids is 1. The van der Waals surface area contributed by atoms with E-state index in [0.29, 0.717) is 0 Å². The highest BCUT2D eigenvalue weighted by Crippen LogP contribution is 2.09. The van der Waals surface area contributed by atoms with Crippen LogP contribution < -0.4 is 10.6 Å². The summed E-state index contributed by atoms with van der Waals surface area (Å²) in [6.07, 6.45) is 0.271. The molecule has 1 aliphatic rings. The van der Waals surface area contributed by atoms with Crippen LogP contribution in [0.3, 0.4) is 0 Å². The molecule has 1 amide bonds. The number of hydrogen-bond donors (Lipinski definition) is 2. The number of anilines is 1. The zero-order valence-corrected chi connectivity index (χ0v) is 12.2. The summed E-state index contributed by atoms with van der Waals surface area (Å²) in [7, 11) is 2.12. The molecule has 20 heavy (non-hydrogen) atoms. The third kappa shape index (κ3) is 4.92. The van der Waals surface area contributed by atoms with Gasteiger partial charge in [0.2, 0.25) is 5.91 Å². The van der Waals surface area contributed by atoms with Crippen LogP contribution in [0.15, 0.2) is 24.3 Å². The van der Waals surface area contributed by atoms with Gasteiger partial charge in [0, 0.05) is 38.8 Å². The monoisotopic (exact) mass is 277 g/mol. The van der Waals surface area contributed by atoms with Gasteiger partial charge in [-0.3, -0.25) is 4.79 Å². The molecule has 1 aliphatic heterocycles. The highest BCUT2D eigenvalue weighted by molar-refractivity contribution is 5.88. The number of carbonyl (C=O) groups is 1. The molecule has 0 saturated carbocycles. The first-order valence-electron chi connectivity index (χ1n) is 7.01. The Morgan fingerprint density at radius 2 is 2.15 bits per heavy atom. The van der Waals surface area contributed by atoms with Gasteiger partial charge in [0.1, 0.15) is 0 Å². The van der Waals surface area contributed by atoms with Crippen molar-refractivity contribution in [1.29, 1.82) is 0 Å². The maximum atomic E-state index is 10.9. The Morgan fingerprint density at radius 3 is 2.80 bits per heavy atom. The van der Waals surface area contributed by atoms with E-state index in [4.69, 9.17) is 4.74 Å². The van der Waals surface area contributed by atoms with Gasteiger partial charge in [0.25, 0.3) is 0 Å². The number of nitrogens with one attached hydrogen (secondary N) is 2. The topological polar surface area (TPSA) is 53.6 Å². The molecule has 1 fully saturated rings. The average molecular weight is 277 g/mol. The first kappa shape index (κ1) is 15.0. The number of nitrogens with zero attached hydrogens (tertiary/aromatic N) is 1. The lowest BCUT2D eigenvalue weighted by Gasteiger charge is -2.30. The van der Waals surface area contributed by atoms with Gasteiger partial charge < -0.3 is 20.3 Å². The molecule has 0 aliphatic carbocycles. The highest BCUT2D eigenvalue weighted by atomic mass is 16.5. The van der Waals surface area contributed by atoms with E-state index in [1.807, 2.05) is 24.3 Å². The summed E-state index contributed by atoms with van der Waals surface area (Å²) in [4.78, 5) is 13.2. The molecule has 1 aromatic carbocycles. The van der Waals surface area contributed by atoms with Gasteiger partial charge >= 0.3 is 0 Å². The molecule has 0 radical (unpaired) electrons. The van der Waals surface area contributed by atoms with Crippen LogP contribution in [0.25, 0.3) is 0 Å². The van der Waals surface area contributed by atoms with Gasteiger partial charge in [0.05, 0.1) is 12.7 Å². The van der Waals surface area contributed by atoms with E-state index in [2.05, 4.69) is 22.6 Å². The van der Waals surface area contributed by atoms with Crippen LogP contribution >= 0.6 is 0 Å². The fourth-order valence-corrected chi connectivity index (χ4v) is 2.28. The zero-order chi connectivity index (χ0) is 14.4. The fourth-order valence-electron chi connectivity index (χ4n) is 2.28. The minimum absolute atomic E-state index is 0.0468. The van der Waals surface area contributed by atoms with E-state index in [1.54, 1.807) is 0 Å². The number of morpholine rings is 1. The zero-order valence-electron chi connectivity index (χ0n) is 12.2. The van der Waals surface area contributed by atoms with Crippen LogP contribution in [0.4, 0.5) is 5.69 Å². The predicted octanol–water partition coefficient (Wildman–Crippen LogP) is 1.07. The molecule has 2 N–H and O–H groups in total. The smallest absolute Gasteiger partial charge is 0.221 e. The number of hydrogen-bond acceptors (Lipinski definition) is 4. The number of benzene rings is 1. The molecule has 0 spiro atoms. The Labute approximate surface area is 120 Å². The summed E-state index contributed by atoms with van der Waals surface area (Å²) < 4.78 is 5.70. The minimum Gasteiger partial charge on any atom is -0.374 e.